The van der Waals surface area contributed by atoms with Crippen LogP contribution >= 0.6 is 11.3 Å². The maximum absolute atomic E-state index is 12.1. The fourth-order valence-electron chi connectivity index (χ4n) is 1.85. The van der Waals surface area contributed by atoms with Gasteiger partial charge in [-0.15, -0.1) is 10.2 Å². The van der Waals surface area contributed by atoms with E-state index in [1.165, 1.54) is 11.3 Å². The maximum Gasteiger partial charge on any atom is 0.251 e. The zero-order valence-corrected chi connectivity index (χ0v) is 13.3. The van der Waals surface area contributed by atoms with Crippen molar-refractivity contribution >= 4 is 22.4 Å². The first-order valence-corrected chi connectivity index (χ1v) is 7.53. The molecule has 0 aliphatic carbocycles. The fraction of sp³-hybridized carbons (Fsp3) is 0.357. The van der Waals surface area contributed by atoms with Crippen molar-refractivity contribution in [3.8, 4) is 11.5 Å². The Labute approximate surface area is 132 Å². The van der Waals surface area contributed by atoms with Crippen LogP contribution in [0.15, 0.2) is 18.2 Å². The van der Waals surface area contributed by atoms with E-state index in [2.05, 4.69) is 15.5 Å². The van der Waals surface area contributed by atoms with Gasteiger partial charge in [-0.2, -0.15) is 0 Å². The summed E-state index contributed by atoms with van der Waals surface area (Å²) in [4.78, 5) is 12.1. The van der Waals surface area contributed by atoms with Gasteiger partial charge in [0.05, 0.1) is 14.2 Å². The monoisotopic (exact) mass is 322 g/mol. The third-order valence-corrected chi connectivity index (χ3v) is 3.76. The van der Waals surface area contributed by atoms with Crippen molar-refractivity contribution in [1.82, 2.24) is 15.5 Å². The summed E-state index contributed by atoms with van der Waals surface area (Å²) in [5.41, 5.74) is 6.01. The molecular formula is C14H18N4O3S. The van der Waals surface area contributed by atoms with Gasteiger partial charge in [-0.05, 0) is 18.6 Å². The minimum atomic E-state index is -0.172. The van der Waals surface area contributed by atoms with Crippen LogP contribution in [0.2, 0.25) is 0 Å². The first kappa shape index (κ1) is 16.0. The maximum atomic E-state index is 12.1. The smallest absolute Gasteiger partial charge is 0.251 e. The highest BCUT2D eigenvalue weighted by atomic mass is 32.1. The van der Waals surface area contributed by atoms with Crippen LogP contribution in [0.25, 0.3) is 0 Å². The van der Waals surface area contributed by atoms with Crippen LogP contribution in [-0.2, 0) is 6.42 Å². The van der Waals surface area contributed by atoms with E-state index in [-0.39, 0.29) is 5.91 Å². The molecule has 0 unspecified atom stereocenters. The Bertz CT molecular complexity index is 623. The average Bonchev–Trinajstić information content (AvgIpc) is 2.96. The highest BCUT2D eigenvalue weighted by molar-refractivity contribution is 7.15. The topological polar surface area (TPSA) is 99.4 Å². The Kier molecular flexibility index (Phi) is 5.54. The highest BCUT2D eigenvalue weighted by Gasteiger charge is 2.09. The van der Waals surface area contributed by atoms with Crippen LogP contribution in [0.4, 0.5) is 5.13 Å². The predicted molar refractivity (Wildman–Crippen MR) is 84.5 cm³/mol. The summed E-state index contributed by atoms with van der Waals surface area (Å²) in [5, 5.41) is 11.9. The van der Waals surface area contributed by atoms with Crippen molar-refractivity contribution in [2.45, 2.75) is 12.8 Å². The number of hydrogen-bond donors (Lipinski definition) is 2. The summed E-state index contributed by atoms with van der Waals surface area (Å²) in [6.45, 7) is 0.540. The quantitative estimate of drug-likeness (QED) is 0.749. The van der Waals surface area contributed by atoms with Gasteiger partial charge in [0, 0.05) is 24.6 Å². The Morgan fingerprint density at radius 1 is 1.23 bits per heavy atom. The van der Waals surface area contributed by atoms with Crippen molar-refractivity contribution in [2.24, 2.45) is 0 Å². The molecule has 3 N–H and O–H groups in total. The lowest BCUT2D eigenvalue weighted by atomic mass is 10.2. The molecule has 0 radical (unpaired) electrons. The number of ether oxygens (including phenoxy) is 2. The number of methoxy groups -OCH3 is 2. The number of nitrogens with zero attached hydrogens (tertiary/aromatic N) is 2. The zero-order valence-electron chi connectivity index (χ0n) is 12.5. The van der Waals surface area contributed by atoms with Crippen LogP contribution in [-0.4, -0.2) is 36.9 Å². The van der Waals surface area contributed by atoms with Gasteiger partial charge in [-0.1, -0.05) is 11.3 Å². The van der Waals surface area contributed by atoms with Gasteiger partial charge >= 0.3 is 0 Å². The minimum Gasteiger partial charge on any atom is -0.497 e. The van der Waals surface area contributed by atoms with E-state index in [0.717, 1.165) is 17.8 Å². The molecule has 1 aromatic carbocycles. The molecular weight excluding hydrogens is 304 g/mol. The normalized spacial score (nSPS) is 10.3. The van der Waals surface area contributed by atoms with Crippen molar-refractivity contribution < 1.29 is 14.3 Å². The molecule has 0 bridgehead atoms. The summed E-state index contributed by atoms with van der Waals surface area (Å²) >= 11 is 1.36. The van der Waals surface area contributed by atoms with Crippen molar-refractivity contribution in [3.05, 3.63) is 28.8 Å². The van der Waals surface area contributed by atoms with E-state index >= 15 is 0 Å². The van der Waals surface area contributed by atoms with E-state index in [9.17, 15) is 4.79 Å². The van der Waals surface area contributed by atoms with E-state index in [1.54, 1.807) is 32.4 Å². The fourth-order valence-corrected chi connectivity index (χ4v) is 2.50. The van der Waals surface area contributed by atoms with Crippen LogP contribution < -0.4 is 20.5 Å². The number of aryl methyl sites for hydroxylation is 1. The summed E-state index contributed by atoms with van der Waals surface area (Å²) in [5.74, 6) is 0.983. The molecule has 22 heavy (non-hydrogen) atoms. The SMILES string of the molecule is COc1cc(OC)cc(C(=O)NCCCc2nnc(N)s2)c1. The molecule has 1 amide bonds. The zero-order chi connectivity index (χ0) is 15.9. The Balaban J connectivity index is 1.86. The lowest BCUT2D eigenvalue weighted by Gasteiger charge is -2.09. The largest absolute Gasteiger partial charge is 0.497 e. The van der Waals surface area contributed by atoms with Gasteiger partial charge in [0.2, 0.25) is 5.13 Å². The minimum absolute atomic E-state index is 0.172. The van der Waals surface area contributed by atoms with Gasteiger partial charge in [0.1, 0.15) is 16.5 Å². The summed E-state index contributed by atoms with van der Waals surface area (Å²) in [6.07, 6.45) is 1.50. The molecule has 0 saturated carbocycles. The van der Waals surface area contributed by atoms with Crippen LogP contribution in [0.1, 0.15) is 21.8 Å². The third kappa shape index (κ3) is 4.32. The predicted octanol–water partition coefficient (Wildman–Crippen LogP) is 1.50. The standard InChI is InChI=1S/C14H18N4O3S/c1-20-10-6-9(7-11(8-10)21-2)13(19)16-5-3-4-12-17-18-14(15)22-12/h6-8H,3-5H2,1-2H3,(H2,15,18)(H,16,19). The van der Waals surface area contributed by atoms with Gasteiger partial charge in [-0.3, -0.25) is 4.79 Å². The summed E-state index contributed by atoms with van der Waals surface area (Å²) in [7, 11) is 3.09. The second-order valence-electron chi connectivity index (χ2n) is 4.49. The van der Waals surface area contributed by atoms with E-state index < -0.39 is 0 Å². The number of carbonyl (C=O) groups excluding carboxylic acids is 1. The van der Waals surface area contributed by atoms with E-state index in [0.29, 0.717) is 28.7 Å². The third-order valence-electron chi connectivity index (χ3n) is 2.95. The van der Waals surface area contributed by atoms with Crippen molar-refractivity contribution in [2.75, 3.05) is 26.5 Å². The number of rotatable bonds is 7. The lowest BCUT2D eigenvalue weighted by Crippen LogP contribution is -2.24. The number of anilines is 1. The first-order valence-electron chi connectivity index (χ1n) is 6.71. The molecule has 0 aliphatic rings. The van der Waals surface area contributed by atoms with Crippen LogP contribution in [0, 0.1) is 0 Å². The molecule has 1 aromatic heterocycles. The second kappa shape index (κ2) is 7.60. The summed E-state index contributed by atoms with van der Waals surface area (Å²) in [6, 6.07) is 5.06. The lowest BCUT2D eigenvalue weighted by molar-refractivity contribution is 0.0952. The molecule has 2 aromatic rings. The number of hydrogen-bond acceptors (Lipinski definition) is 7. The number of nitrogen functional groups attached to an aromatic ring is 1. The van der Waals surface area contributed by atoms with Gasteiger partial charge in [-0.25, -0.2) is 0 Å². The Morgan fingerprint density at radius 3 is 2.45 bits per heavy atom. The molecule has 0 fully saturated rings. The van der Waals surface area contributed by atoms with Crippen LogP contribution in [0.3, 0.4) is 0 Å². The van der Waals surface area contributed by atoms with E-state index in [1.807, 2.05) is 0 Å². The van der Waals surface area contributed by atoms with Crippen molar-refractivity contribution in [3.63, 3.8) is 0 Å². The van der Waals surface area contributed by atoms with Gasteiger partial charge < -0.3 is 20.5 Å². The van der Waals surface area contributed by atoms with Gasteiger partial charge in [0.15, 0.2) is 0 Å². The first-order chi connectivity index (χ1) is 10.6. The molecule has 0 saturated heterocycles. The molecule has 2 rings (SSSR count). The second-order valence-corrected chi connectivity index (χ2v) is 5.59. The van der Waals surface area contributed by atoms with Crippen molar-refractivity contribution in [1.29, 1.82) is 0 Å². The average molecular weight is 322 g/mol. The summed E-state index contributed by atoms with van der Waals surface area (Å²) < 4.78 is 10.3. The highest BCUT2D eigenvalue weighted by Crippen LogP contribution is 2.22. The number of nitrogens with two attached hydrogens (primary N) is 1. The molecule has 1 heterocycles. The number of nitrogens with one attached hydrogen (secondary N) is 1. The van der Waals surface area contributed by atoms with E-state index in [4.69, 9.17) is 15.2 Å². The molecule has 8 heteroatoms. The Morgan fingerprint density at radius 2 is 1.91 bits per heavy atom. The Hall–Kier alpha value is -2.35. The number of amides is 1. The molecule has 0 aliphatic heterocycles. The van der Waals surface area contributed by atoms with Crippen LogP contribution in [0.5, 0.6) is 11.5 Å². The number of carbonyl (C=O) groups is 1. The molecule has 0 spiro atoms. The van der Waals surface area contributed by atoms with Gasteiger partial charge in [0.25, 0.3) is 5.91 Å². The molecule has 118 valence electrons. The number of aromatic nitrogens is 2. The molecule has 7 nitrogen and oxygen atoms in total. The number of benzene rings is 1. The molecule has 0 atom stereocenters.